The second-order valence-corrected chi connectivity index (χ2v) is 12.5. The molecule has 1 aliphatic heterocycles. The van der Waals surface area contributed by atoms with E-state index >= 15 is 0 Å². The standard InChI is InChI=1S/C36H36ClN5O4/c1-21-32-30(39-41(21)3)20-45-19-24-18-25(42(4)38-24)12-11-22-16-23-8-5-6-9-26(23)31(17-22)46-15-7-10-27-28-13-14-29(37)33(32)34(28)40(2)35(27)36(43)44/h5-6,8-9,13-14,16-18H,7,10-12,15,19-20H2,1-4H3,(H,43,44). The van der Waals surface area contributed by atoms with Gasteiger partial charge in [-0.1, -0.05) is 48.0 Å². The largest absolute Gasteiger partial charge is 0.493 e. The zero-order valence-electron chi connectivity index (χ0n) is 26.4. The Hall–Kier alpha value is -4.60. The van der Waals surface area contributed by atoms with Crippen LogP contribution in [0.15, 0.2) is 54.6 Å². The van der Waals surface area contributed by atoms with Gasteiger partial charge in [0.2, 0.25) is 0 Å². The van der Waals surface area contributed by atoms with Crippen molar-refractivity contribution in [3.63, 3.8) is 0 Å². The van der Waals surface area contributed by atoms with Crippen LogP contribution in [0.1, 0.15) is 50.8 Å². The molecule has 1 aliphatic rings. The number of nitrogens with zero attached hydrogens (tertiary/aromatic N) is 5. The van der Waals surface area contributed by atoms with Crippen molar-refractivity contribution in [2.75, 3.05) is 6.61 Å². The Kier molecular flexibility index (Phi) is 7.82. The molecule has 0 atom stereocenters. The van der Waals surface area contributed by atoms with E-state index in [1.165, 1.54) is 5.56 Å². The lowest BCUT2D eigenvalue weighted by molar-refractivity contribution is 0.0685. The third-order valence-electron chi connectivity index (χ3n) is 9.17. The summed E-state index contributed by atoms with van der Waals surface area (Å²) in [5.74, 6) is -0.144. The Labute approximate surface area is 271 Å². The molecule has 46 heavy (non-hydrogen) atoms. The SMILES string of the molecule is Cc1c2c(nn1C)COCc1cc(n(C)n1)CCc1cc(c3ccccc3c1)OCCCc1c(C(=O)O)n(C)c3c-2c(Cl)ccc13. The minimum atomic E-state index is -0.981. The minimum Gasteiger partial charge on any atom is -0.493 e. The number of ether oxygens (including phenoxy) is 2. The highest BCUT2D eigenvalue weighted by atomic mass is 35.5. The van der Waals surface area contributed by atoms with Crippen LogP contribution in [-0.4, -0.2) is 41.8 Å². The lowest BCUT2D eigenvalue weighted by Gasteiger charge is -2.13. The number of hydrogen-bond donors (Lipinski definition) is 1. The first-order valence-electron chi connectivity index (χ1n) is 15.5. The fraction of sp³-hybridized carbons (Fsp3) is 0.306. The number of carboxylic acid groups (broad SMARTS) is 1. The summed E-state index contributed by atoms with van der Waals surface area (Å²) in [5, 5.41) is 23.5. The number of aromatic carboxylic acids is 1. The third kappa shape index (κ3) is 5.23. The van der Waals surface area contributed by atoms with E-state index in [4.69, 9.17) is 31.3 Å². The molecule has 0 saturated carbocycles. The fourth-order valence-electron chi connectivity index (χ4n) is 6.90. The van der Waals surface area contributed by atoms with Gasteiger partial charge in [0.25, 0.3) is 0 Å². The molecule has 8 bridgehead atoms. The number of fused-ring (bicyclic) bond motifs is 8. The Balaban J connectivity index is 1.36. The first-order chi connectivity index (χ1) is 22.2. The summed E-state index contributed by atoms with van der Waals surface area (Å²) in [6.45, 7) is 3.01. The van der Waals surface area contributed by atoms with E-state index in [0.717, 1.165) is 79.7 Å². The highest BCUT2D eigenvalue weighted by Gasteiger charge is 2.27. The Morgan fingerprint density at radius 3 is 2.57 bits per heavy atom. The van der Waals surface area contributed by atoms with Gasteiger partial charge in [0.15, 0.2) is 0 Å². The maximum atomic E-state index is 12.7. The van der Waals surface area contributed by atoms with Crippen LogP contribution in [0.2, 0.25) is 5.02 Å². The molecule has 236 valence electrons. The first-order valence-corrected chi connectivity index (χ1v) is 15.9. The predicted octanol–water partition coefficient (Wildman–Crippen LogP) is 6.95. The number of aromatic nitrogens is 5. The van der Waals surface area contributed by atoms with E-state index in [2.05, 4.69) is 30.3 Å². The lowest BCUT2D eigenvalue weighted by atomic mass is 9.98. The molecule has 0 unspecified atom stereocenters. The summed E-state index contributed by atoms with van der Waals surface area (Å²) in [6, 6.07) is 18.5. The average Bonchev–Trinajstić information content (AvgIpc) is 3.63. The van der Waals surface area contributed by atoms with Crippen LogP contribution >= 0.6 is 11.6 Å². The molecule has 0 amide bonds. The lowest BCUT2D eigenvalue weighted by Crippen LogP contribution is -2.09. The Morgan fingerprint density at radius 2 is 1.74 bits per heavy atom. The van der Waals surface area contributed by atoms with E-state index in [9.17, 15) is 9.90 Å². The van der Waals surface area contributed by atoms with Crippen LogP contribution in [0.3, 0.4) is 0 Å². The summed E-state index contributed by atoms with van der Waals surface area (Å²) >= 11 is 6.95. The van der Waals surface area contributed by atoms with Gasteiger partial charge in [-0.05, 0) is 67.3 Å². The van der Waals surface area contributed by atoms with Crippen LogP contribution in [-0.2, 0) is 58.4 Å². The summed E-state index contributed by atoms with van der Waals surface area (Å²) in [7, 11) is 5.65. The van der Waals surface area contributed by atoms with E-state index < -0.39 is 5.97 Å². The zero-order valence-corrected chi connectivity index (χ0v) is 27.2. The minimum absolute atomic E-state index is 0.246. The molecule has 1 N–H and O–H groups in total. The van der Waals surface area contributed by atoms with Gasteiger partial charge < -0.3 is 19.1 Å². The molecule has 0 aliphatic carbocycles. The van der Waals surface area contributed by atoms with Gasteiger partial charge in [-0.2, -0.15) is 10.2 Å². The molecular weight excluding hydrogens is 602 g/mol. The molecule has 3 aromatic carbocycles. The van der Waals surface area contributed by atoms with Crippen molar-refractivity contribution in [1.82, 2.24) is 24.1 Å². The van der Waals surface area contributed by atoms with Crippen LogP contribution in [0.4, 0.5) is 0 Å². The maximum Gasteiger partial charge on any atom is 0.352 e. The monoisotopic (exact) mass is 637 g/mol. The summed E-state index contributed by atoms with van der Waals surface area (Å²) in [6.07, 6.45) is 2.82. The van der Waals surface area contributed by atoms with Gasteiger partial charge in [0, 0.05) is 54.4 Å². The molecule has 3 aromatic heterocycles. The third-order valence-corrected chi connectivity index (χ3v) is 9.48. The van der Waals surface area contributed by atoms with Gasteiger partial charge in [-0.3, -0.25) is 9.36 Å². The summed E-state index contributed by atoms with van der Waals surface area (Å²) < 4.78 is 18.1. The molecule has 7 rings (SSSR count). The quantitative estimate of drug-likeness (QED) is 0.210. The van der Waals surface area contributed by atoms with E-state index in [1.807, 2.05) is 54.6 Å². The normalized spacial score (nSPS) is 14.3. The fourth-order valence-corrected chi connectivity index (χ4v) is 7.14. The van der Waals surface area contributed by atoms with Gasteiger partial charge in [-0.25, -0.2) is 4.79 Å². The topological polar surface area (TPSA) is 96.3 Å². The van der Waals surface area contributed by atoms with Crippen LogP contribution < -0.4 is 4.74 Å². The van der Waals surface area contributed by atoms with Gasteiger partial charge in [-0.15, -0.1) is 0 Å². The predicted molar refractivity (Wildman–Crippen MR) is 179 cm³/mol. The summed E-state index contributed by atoms with van der Waals surface area (Å²) in [4.78, 5) is 12.7. The second kappa shape index (κ2) is 12.0. The average molecular weight is 638 g/mol. The molecule has 0 radical (unpaired) electrons. The van der Waals surface area contributed by atoms with Crippen LogP contribution in [0, 0.1) is 6.92 Å². The van der Waals surface area contributed by atoms with E-state index in [0.29, 0.717) is 31.1 Å². The van der Waals surface area contributed by atoms with Gasteiger partial charge in [0.1, 0.15) is 11.4 Å². The van der Waals surface area contributed by atoms with Crippen molar-refractivity contribution in [2.45, 2.75) is 45.8 Å². The number of halogens is 1. The van der Waals surface area contributed by atoms with Crippen molar-refractivity contribution >= 4 is 39.2 Å². The van der Waals surface area contributed by atoms with Gasteiger partial charge >= 0.3 is 5.97 Å². The summed E-state index contributed by atoms with van der Waals surface area (Å²) in [5.41, 5.74) is 8.18. The first kappa shape index (κ1) is 30.1. The van der Waals surface area contributed by atoms with Crippen molar-refractivity contribution in [3.05, 3.63) is 99.2 Å². The van der Waals surface area contributed by atoms with Crippen LogP contribution in [0.25, 0.3) is 32.8 Å². The highest BCUT2D eigenvalue weighted by molar-refractivity contribution is 6.35. The molecule has 0 fully saturated rings. The number of hydrogen-bond acceptors (Lipinski definition) is 5. The molecule has 10 heteroatoms. The van der Waals surface area contributed by atoms with Gasteiger partial charge in [0.05, 0.1) is 41.7 Å². The molecule has 0 saturated heterocycles. The number of aryl methyl sites for hydroxylation is 6. The highest BCUT2D eigenvalue weighted by Crippen LogP contribution is 2.42. The number of benzene rings is 3. The molecule has 6 aromatic rings. The van der Waals surface area contributed by atoms with Crippen LogP contribution in [0.5, 0.6) is 5.75 Å². The Bertz CT molecular complexity index is 2140. The second-order valence-electron chi connectivity index (χ2n) is 12.1. The molecule has 0 spiro atoms. The molecule has 9 nitrogen and oxygen atoms in total. The van der Waals surface area contributed by atoms with Crippen molar-refractivity contribution in [1.29, 1.82) is 0 Å². The molecule has 4 heterocycles. The number of rotatable bonds is 1. The Morgan fingerprint density at radius 1 is 0.913 bits per heavy atom. The maximum absolute atomic E-state index is 12.7. The van der Waals surface area contributed by atoms with Crippen molar-refractivity contribution in [2.24, 2.45) is 21.1 Å². The zero-order chi connectivity index (χ0) is 32.1. The van der Waals surface area contributed by atoms with E-state index in [-0.39, 0.29) is 12.3 Å². The van der Waals surface area contributed by atoms with Crippen molar-refractivity contribution < 1.29 is 19.4 Å². The van der Waals surface area contributed by atoms with E-state index in [1.54, 1.807) is 11.6 Å². The smallest absolute Gasteiger partial charge is 0.352 e. The number of carbonyl (C=O) groups is 1. The number of carboxylic acids is 1. The van der Waals surface area contributed by atoms with Crippen molar-refractivity contribution in [3.8, 4) is 16.9 Å². The molecular formula is C36H36ClN5O4.